The molecule has 2 rings (SSSR count). The molecule has 5 nitrogen and oxygen atoms in total. The number of nitrogens with one attached hydrogen (secondary N) is 2. The van der Waals surface area contributed by atoms with E-state index in [0.717, 1.165) is 18.5 Å². The highest BCUT2D eigenvalue weighted by Gasteiger charge is 2.10. The average Bonchev–Trinajstić information content (AvgIpc) is 2.78. The van der Waals surface area contributed by atoms with Crippen LogP contribution >= 0.6 is 22.6 Å². The molecule has 0 spiro atoms. The van der Waals surface area contributed by atoms with Gasteiger partial charge in [0.05, 0.1) is 9.26 Å². The van der Waals surface area contributed by atoms with Crippen molar-refractivity contribution in [3.63, 3.8) is 0 Å². The molecule has 0 unspecified atom stereocenters. The van der Waals surface area contributed by atoms with Crippen molar-refractivity contribution in [2.24, 2.45) is 0 Å². The fraction of sp³-hybridized carbons (Fsp3) is 0.300. The Morgan fingerprint density at radius 1 is 1.44 bits per heavy atom. The first-order valence-electron chi connectivity index (χ1n) is 5.00. The van der Waals surface area contributed by atoms with Crippen molar-refractivity contribution in [2.45, 2.75) is 19.8 Å². The van der Waals surface area contributed by atoms with Gasteiger partial charge in [0.1, 0.15) is 0 Å². The molecule has 0 bridgehead atoms. The zero-order valence-electron chi connectivity index (χ0n) is 8.75. The SMILES string of the molecule is CCCc1nc(-c2ncc[nH]2)[nH]c(=O)c1I. The van der Waals surface area contributed by atoms with E-state index in [9.17, 15) is 4.79 Å². The van der Waals surface area contributed by atoms with E-state index in [1.165, 1.54) is 0 Å². The second kappa shape index (κ2) is 4.77. The van der Waals surface area contributed by atoms with Crippen LogP contribution in [0.1, 0.15) is 19.0 Å². The summed E-state index contributed by atoms with van der Waals surface area (Å²) < 4.78 is 0.662. The minimum atomic E-state index is -0.106. The van der Waals surface area contributed by atoms with Gasteiger partial charge in [0.15, 0.2) is 11.6 Å². The van der Waals surface area contributed by atoms with E-state index in [1.54, 1.807) is 12.4 Å². The molecule has 2 N–H and O–H groups in total. The van der Waals surface area contributed by atoms with Crippen molar-refractivity contribution in [3.8, 4) is 11.6 Å². The normalized spacial score (nSPS) is 10.6. The summed E-state index contributed by atoms with van der Waals surface area (Å²) in [7, 11) is 0. The van der Waals surface area contributed by atoms with Crippen LogP contribution in [0, 0.1) is 3.57 Å². The summed E-state index contributed by atoms with van der Waals surface area (Å²) in [5.41, 5.74) is 0.726. The summed E-state index contributed by atoms with van der Waals surface area (Å²) in [6.07, 6.45) is 5.10. The predicted molar refractivity (Wildman–Crippen MR) is 69.2 cm³/mol. The lowest BCUT2D eigenvalue weighted by Gasteiger charge is -2.03. The first-order chi connectivity index (χ1) is 7.72. The van der Waals surface area contributed by atoms with Gasteiger partial charge in [-0.25, -0.2) is 9.97 Å². The second-order valence-electron chi connectivity index (χ2n) is 3.36. The highest BCUT2D eigenvalue weighted by Crippen LogP contribution is 2.12. The van der Waals surface area contributed by atoms with Crippen LogP contribution < -0.4 is 5.56 Å². The van der Waals surface area contributed by atoms with Gasteiger partial charge < -0.3 is 9.97 Å². The zero-order valence-corrected chi connectivity index (χ0v) is 10.9. The highest BCUT2D eigenvalue weighted by atomic mass is 127. The Morgan fingerprint density at radius 2 is 2.25 bits per heavy atom. The van der Waals surface area contributed by atoms with Crippen molar-refractivity contribution in [1.29, 1.82) is 0 Å². The van der Waals surface area contributed by atoms with Crippen molar-refractivity contribution in [2.75, 3.05) is 0 Å². The minimum Gasteiger partial charge on any atom is -0.342 e. The topological polar surface area (TPSA) is 74.4 Å². The molecule has 0 aliphatic rings. The maximum absolute atomic E-state index is 11.7. The monoisotopic (exact) mass is 330 g/mol. The van der Waals surface area contributed by atoms with Gasteiger partial charge in [0.2, 0.25) is 0 Å². The van der Waals surface area contributed by atoms with E-state index in [1.807, 2.05) is 22.6 Å². The Hall–Kier alpha value is -1.18. The summed E-state index contributed by atoms with van der Waals surface area (Å²) in [6, 6.07) is 0. The van der Waals surface area contributed by atoms with Crippen LogP contribution in [0.15, 0.2) is 17.2 Å². The molecule has 2 aromatic rings. The number of halogens is 1. The highest BCUT2D eigenvalue weighted by molar-refractivity contribution is 14.1. The number of aromatic nitrogens is 4. The minimum absolute atomic E-state index is 0.106. The van der Waals surface area contributed by atoms with Crippen molar-refractivity contribution < 1.29 is 0 Å². The number of hydrogen-bond donors (Lipinski definition) is 2. The van der Waals surface area contributed by atoms with Crippen LogP contribution in [0.5, 0.6) is 0 Å². The molecule has 0 saturated heterocycles. The predicted octanol–water partition coefficient (Wildman–Crippen LogP) is 1.72. The number of aromatic amines is 2. The number of nitrogens with zero attached hydrogens (tertiary/aromatic N) is 2. The Labute approximate surface area is 106 Å². The van der Waals surface area contributed by atoms with Gasteiger partial charge in [0, 0.05) is 12.4 Å². The third-order valence-electron chi connectivity index (χ3n) is 2.14. The van der Waals surface area contributed by atoms with Gasteiger partial charge in [-0.1, -0.05) is 13.3 Å². The lowest BCUT2D eigenvalue weighted by Crippen LogP contribution is -2.16. The molecule has 6 heteroatoms. The lowest BCUT2D eigenvalue weighted by atomic mass is 10.2. The first kappa shape index (κ1) is 11.3. The molecule has 0 amide bonds. The Morgan fingerprint density at radius 3 is 2.88 bits per heavy atom. The van der Waals surface area contributed by atoms with Crippen LogP contribution in [-0.4, -0.2) is 19.9 Å². The van der Waals surface area contributed by atoms with Crippen molar-refractivity contribution >= 4 is 22.6 Å². The number of rotatable bonds is 3. The number of hydrogen-bond acceptors (Lipinski definition) is 3. The zero-order chi connectivity index (χ0) is 11.5. The Bertz CT molecular complexity index is 532. The molecule has 2 heterocycles. The van der Waals surface area contributed by atoms with Crippen molar-refractivity contribution in [1.82, 2.24) is 19.9 Å². The molecular formula is C10H11IN4O. The van der Waals surface area contributed by atoms with Crippen LogP contribution in [0.3, 0.4) is 0 Å². The third kappa shape index (κ3) is 2.16. The third-order valence-corrected chi connectivity index (χ3v) is 3.25. The molecule has 0 aliphatic heterocycles. The maximum atomic E-state index is 11.7. The van der Waals surface area contributed by atoms with E-state index in [4.69, 9.17) is 0 Å². The standard InChI is InChI=1S/C10H11IN4O/c1-2-3-6-7(11)10(16)15-9(14-6)8-12-4-5-13-8/h4-5H,2-3H2,1H3,(H,12,13)(H,14,15,16). The van der Waals surface area contributed by atoms with E-state index in [-0.39, 0.29) is 5.56 Å². The van der Waals surface area contributed by atoms with Crippen LogP contribution in [0.25, 0.3) is 11.6 Å². The number of H-pyrrole nitrogens is 2. The van der Waals surface area contributed by atoms with Crippen molar-refractivity contribution in [3.05, 3.63) is 32.0 Å². The molecule has 0 atom stereocenters. The largest absolute Gasteiger partial charge is 0.342 e. The quantitative estimate of drug-likeness (QED) is 0.842. The number of imidazole rings is 1. The van der Waals surface area contributed by atoms with Gasteiger partial charge in [-0.05, 0) is 29.0 Å². The summed E-state index contributed by atoms with van der Waals surface area (Å²) in [5.74, 6) is 1.09. The van der Waals surface area contributed by atoms with Crippen LogP contribution in [0.2, 0.25) is 0 Å². The lowest BCUT2D eigenvalue weighted by molar-refractivity contribution is 0.857. The van der Waals surface area contributed by atoms with E-state index >= 15 is 0 Å². The fourth-order valence-corrected chi connectivity index (χ4v) is 1.94. The van der Waals surface area contributed by atoms with Gasteiger partial charge >= 0.3 is 0 Å². The fourth-order valence-electron chi connectivity index (χ4n) is 1.41. The smallest absolute Gasteiger partial charge is 0.264 e. The van der Waals surface area contributed by atoms with Gasteiger partial charge in [0.25, 0.3) is 5.56 Å². The summed E-state index contributed by atoms with van der Waals surface area (Å²) >= 11 is 2.03. The summed E-state index contributed by atoms with van der Waals surface area (Å²) in [6.45, 7) is 2.06. The second-order valence-corrected chi connectivity index (χ2v) is 4.44. The maximum Gasteiger partial charge on any atom is 0.264 e. The Balaban J connectivity index is 2.53. The van der Waals surface area contributed by atoms with E-state index in [0.29, 0.717) is 15.2 Å². The number of aryl methyl sites for hydroxylation is 1. The summed E-state index contributed by atoms with van der Waals surface area (Å²) in [5, 5.41) is 0. The Kier molecular flexibility index (Phi) is 3.37. The molecule has 0 fully saturated rings. The molecule has 0 radical (unpaired) electrons. The van der Waals surface area contributed by atoms with E-state index in [2.05, 4.69) is 26.9 Å². The molecule has 0 saturated carbocycles. The van der Waals surface area contributed by atoms with Gasteiger partial charge in [-0.15, -0.1) is 0 Å². The molecular weight excluding hydrogens is 319 g/mol. The molecule has 16 heavy (non-hydrogen) atoms. The molecule has 0 aliphatic carbocycles. The average molecular weight is 330 g/mol. The van der Waals surface area contributed by atoms with Gasteiger partial charge in [-0.2, -0.15) is 0 Å². The molecule has 0 aromatic carbocycles. The molecule has 2 aromatic heterocycles. The van der Waals surface area contributed by atoms with Crippen LogP contribution in [-0.2, 0) is 6.42 Å². The first-order valence-corrected chi connectivity index (χ1v) is 6.08. The van der Waals surface area contributed by atoms with Gasteiger partial charge in [-0.3, -0.25) is 4.79 Å². The van der Waals surface area contributed by atoms with Crippen LogP contribution in [0.4, 0.5) is 0 Å². The van der Waals surface area contributed by atoms with E-state index < -0.39 is 0 Å². The summed E-state index contributed by atoms with van der Waals surface area (Å²) in [4.78, 5) is 25.8. The molecule has 84 valence electrons.